The van der Waals surface area contributed by atoms with Crippen molar-refractivity contribution >= 4 is 23.9 Å². The van der Waals surface area contributed by atoms with Gasteiger partial charge in [0.2, 0.25) is 0 Å². The van der Waals surface area contributed by atoms with Crippen LogP contribution in [0, 0.1) is 0 Å². The SMILES string of the molecule is O=C(O)C(O)C(O)C(=O)O.O=C([O-])C(=O)[O-].[K+].[Na+]. The van der Waals surface area contributed by atoms with Gasteiger partial charge < -0.3 is 40.2 Å². The second kappa shape index (κ2) is 13.9. The number of aliphatic hydroxyl groups is 2. The fraction of sp³-hybridized carbons (Fsp3) is 0.333. The Balaban J connectivity index is -0.000000108. The Morgan fingerprint density at radius 2 is 0.944 bits per heavy atom. The summed E-state index contributed by atoms with van der Waals surface area (Å²) in [6.45, 7) is 0. The quantitative estimate of drug-likeness (QED) is 0.287. The van der Waals surface area contributed by atoms with E-state index in [1.807, 2.05) is 0 Å². The van der Waals surface area contributed by atoms with Crippen LogP contribution in [0.2, 0.25) is 0 Å². The van der Waals surface area contributed by atoms with Crippen LogP contribution in [0.15, 0.2) is 0 Å². The predicted octanol–water partition coefficient (Wildman–Crippen LogP) is -11.6. The zero-order valence-corrected chi connectivity index (χ0v) is 14.5. The maximum Gasteiger partial charge on any atom is 1.00 e. The summed E-state index contributed by atoms with van der Waals surface area (Å²) < 4.78 is 0. The number of carbonyl (C=O) groups is 4. The fourth-order valence-corrected chi connectivity index (χ4v) is 0.270. The Morgan fingerprint density at radius 1 is 0.778 bits per heavy atom. The topological polar surface area (TPSA) is 195 Å². The van der Waals surface area contributed by atoms with Gasteiger partial charge in [0.1, 0.15) is 0 Å². The van der Waals surface area contributed by atoms with E-state index in [0.717, 1.165) is 0 Å². The van der Waals surface area contributed by atoms with E-state index in [9.17, 15) is 9.59 Å². The number of carboxylic acids is 4. The van der Waals surface area contributed by atoms with Gasteiger partial charge >= 0.3 is 92.9 Å². The molecule has 0 heterocycles. The summed E-state index contributed by atoms with van der Waals surface area (Å²) in [4.78, 5) is 37.4. The van der Waals surface area contributed by atoms with Gasteiger partial charge in [0.15, 0.2) is 12.2 Å². The predicted molar refractivity (Wildman–Crippen MR) is 37.3 cm³/mol. The summed E-state index contributed by atoms with van der Waals surface area (Å²) in [5, 5.41) is 50.4. The van der Waals surface area contributed by atoms with Crippen LogP contribution < -0.4 is 91.2 Å². The number of aliphatic carboxylic acids is 4. The largest absolute Gasteiger partial charge is 1.00 e. The molecular weight excluding hydrogens is 294 g/mol. The van der Waals surface area contributed by atoms with Crippen LogP contribution in [0.1, 0.15) is 0 Å². The van der Waals surface area contributed by atoms with Crippen LogP contribution in [-0.2, 0) is 19.2 Å². The van der Waals surface area contributed by atoms with Crippen molar-refractivity contribution in [3.63, 3.8) is 0 Å². The number of hydrogen-bond acceptors (Lipinski definition) is 8. The molecule has 2 unspecified atom stereocenters. The molecule has 0 bridgehead atoms. The van der Waals surface area contributed by atoms with Crippen molar-refractivity contribution < 1.29 is 131 Å². The molecular formula is C6H6KNaO10. The van der Waals surface area contributed by atoms with Gasteiger partial charge in [0.05, 0.1) is 11.9 Å². The third kappa shape index (κ3) is 14.5. The van der Waals surface area contributed by atoms with E-state index in [-0.39, 0.29) is 80.9 Å². The molecule has 0 aromatic carbocycles. The number of carbonyl (C=O) groups excluding carboxylic acids is 2. The average molecular weight is 300 g/mol. The Hall–Kier alpha value is 0.436. The van der Waals surface area contributed by atoms with Crippen molar-refractivity contribution in [1.82, 2.24) is 0 Å². The van der Waals surface area contributed by atoms with Crippen LogP contribution in [0.5, 0.6) is 0 Å². The molecule has 4 N–H and O–H groups in total. The van der Waals surface area contributed by atoms with E-state index in [2.05, 4.69) is 0 Å². The summed E-state index contributed by atoms with van der Waals surface area (Å²) in [6, 6.07) is 0. The van der Waals surface area contributed by atoms with Gasteiger partial charge in [-0.05, 0) is 0 Å². The molecule has 0 rings (SSSR count). The molecule has 2 atom stereocenters. The summed E-state index contributed by atoms with van der Waals surface area (Å²) in [6.07, 6.45) is -4.53. The van der Waals surface area contributed by atoms with Crippen molar-refractivity contribution in [1.29, 1.82) is 0 Å². The molecule has 0 spiro atoms. The molecule has 0 radical (unpaired) electrons. The standard InChI is InChI=1S/C4H6O6.C2H2O4.K.Na/c5-1(3(7)8)2(6)4(9)10;3-1(4)2(5)6;;/h1-2,5-6H,(H,7,8)(H,9,10);(H,3,4)(H,5,6);;/q;;2*+1/p-2. The van der Waals surface area contributed by atoms with Crippen LogP contribution in [0.4, 0.5) is 0 Å². The first kappa shape index (κ1) is 26.9. The van der Waals surface area contributed by atoms with E-state index in [0.29, 0.717) is 0 Å². The first-order valence-electron chi connectivity index (χ1n) is 3.35. The molecule has 18 heavy (non-hydrogen) atoms. The van der Waals surface area contributed by atoms with Crippen molar-refractivity contribution in [2.45, 2.75) is 12.2 Å². The molecule has 0 aliphatic carbocycles. The van der Waals surface area contributed by atoms with Gasteiger partial charge in [-0.15, -0.1) is 0 Å². The van der Waals surface area contributed by atoms with Gasteiger partial charge in [-0.3, -0.25) is 0 Å². The minimum absolute atomic E-state index is 0. The van der Waals surface area contributed by atoms with Gasteiger partial charge in [-0.1, -0.05) is 0 Å². The number of hydrogen-bond donors (Lipinski definition) is 4. The zero-order chi connectivity index (χ0) is 13.5. The van der Waals surface area contributed by atoms with Gasteiger partial charge in [-0.2, -0.15) is 0 Å². The van der Waals surface area contributed by atoms with Gasteiger partial charge in [0.25, 0.3) is 0 Å². The molecule has 12 heteroatoms. The molecule has 92 valence electrons. The van der Waals surface area contributed by atoms with Crippen LogP contribution in [0.25, 0.3) is 0 Å². The smallest absolute Gasteiger partial charge is 0.543 e. The van der Waals surface area contributed by atoms with Gasteiger partial charge in [-0.25, -0.2) is 9.59 Å². The maximum absolute atomic E-state index is 9.77. The van der Waals surface area contributed by atoms with E-state index >= 15 is 0 Å². The van der Waals surface area contributed by atoms with E-state index in [1.165, 1.54) is 0 Å². The van der Waals surface area contributed by atoms with Crippen LogP contribution >= 0.6 is 0 Å². The Labute approximate surface area is 164 Å². The Bertz CT molecular complexity index is 275. The van der Waals surface area contributed by atoms with Gasteiger partial charge in [0, 0.05) is 0 Å². The molecule has 0 saturated heterocycles. The number of aliphatic hydroxyl groups excluding tert-OH is 2. The monoisotopic (exact) mass is 300 g/mol. The van der Waals surface area contributed by atoms with Crippen LogP contribution in [0.3, 0.4) is 0 Å². The molecule has 0 aromatic rings. The first-order chi connectivity index (χ1) is 7.11. The second-order valence-electron chi connectivity index (χ2n) is 2.14. The molecule has 0 aliphatic rings. The number of carboxylic acid groups (broad SMARTS) is 4. The Kier molecular flexibility index (Phi) is 20.7. The average Bonchev–Trinajstić information content (AvgIpc) is 2.15. The normalized spacial score (nSPS) is 11.2. The summed E-state index contributed by atoms with van der Waals surface area (Å²) in [5.41, 5.74) is 0. The fourth-order valence-electron chi connectivity index (χ4n) is 0.270. The van der Waals surface area contributed by atoms with Crippen molar-refractivity contribution in [3.8, 4) is 0 Å². The molecule has 10 nitrogen and oxygen atoms in total. The summed E-state index contributed by atoms with van der Waals surface area (Å²) in [7, 11) is 0. The van der Waals surface area contributed by atoms with Crippen molar-refractivity contribution in [2.24, 2.45) is 0 Å². The van der Waals surface area contributed by atoms with E-state index < -0.39 is 36.1 Å². The van der Waals surface area contributed by atoms with E-state index in [4.69, 9.17) is 40.2 Å². The summed E-state index contributed by atoms with van der Waals surface area (Å²) >= 11 is 0. The first-order valence-corrected chi connectivity index (χ1v) is 3.35. The molecule has 0 aromatic heterocycles. The molecule has 0 aliphatic heterocycles. The number of rotatable bonds is 3. The second-order valence-corrected chi connectivity index (χ2v) is 2.14. The molecule has 0 fully saturated rings. The zero-order valence-electron chi connectivity index (χ0n) is 9.39. The van der Waals surface area contributed by atoms with Crippen LogP contribution in [-0.4, -0.2) is 56.5 Å². The third-order valence-electron chi connectivity index (χ3n) is 0.972. The maximum atomic E-state index is 9.77. The molecule has 0 saturated carbocycles. The third-order valence-corrected chi connectivity index (χ3v) is 0.972. The van der Waals surface area contributed by atoms with Crippen molar-refractivity contribution in [3.05, 3.63) is 0 Å². The van der Waals surface area contributed by atoms with Crippen molar-refractivity contribution in [2.75, 3.05) is 0 Å². The molecule has 0 amide bonds. The van der Waals surface area contributed by atoms with E-state index in [1.54, 1.807) is 0 Å². The minimum Gasteiger partial charge on any atom is -0.543 e. The minimum atomic E-state index is -2.27. The Morgan fingerprint density at radius 3 is 1.00 bits per heavy atom. The summed E-state index contributed by atoms with van der Waals surface area (Å²) in [5.74, 6) is -7.91.